The summed E-state index contributed by atoms with van der Waals surface area (Å²) in [6.45, 7) is 1.85. The van der Waals surface area contributed by atoms with Crippen molar-refractivity contribution in [1.29, 1.82) is 0 Å². The van der Waals surface area contributed by atoms with Gasteiger partial charge in [0.15, 0.2) is 0 Å². The average Bonchev–Trinajstić information content (AvgIpc) is 2.97. The molecule has 0 unspecified atom stereocenters. The van der Waals surface area contributed by atoms with Crippen molar-refractivity contribution < 1.29 is 17.9 Å². The fraction of sp³-hybridized carbons (Fsp3) is 1.00. The van der Waals surface area contributed by atoms with Crippen LogP contribution in [0.2, 0.25) is 0 Å². The van der Waals surface area contributed by atoms with Crippen molar-refractivity contribution in [1.82, 2.24) is 0 Å². The molecule has 0 heterocycles. The first-order valence-electron chi connectivity index (χ1n) is 5.66. The molecule has 1 saturated carbocycles. The normalized spacial score (nSPS) is 16.6. The molecule has 0 atom stereocenters. The molecule has 0 N–H and O–H groups in total. The zero-order valence-electron chi connectivity index (χ0n) is 9.36. The third-order valence-corrected chi connectivity index (χ3v) is 3.56. The summed E-state index contributed by atoms with van der Waals surface area (Å²) in [4.78, 5) is 0. The molecule has 16 heavy (non-hydrogen) atoms. The largest absolute Gasteiger partial charge is 0.379 e. The molecule has 6 heteroatoms. The van der Waals surface area contributed by atoms with Crippen LogP contribution in [0.15, 0.2) is 0 Å². The van der Waals surface area contributed by atoms with E-state index in [1.54, 1.807) is 0 Å². The Morgan fingerprint density at radius 3 is 2.25 bits per heavy atom. The van der Waals surface area contributed by atoms with Gasteiger partial charge in [0.05, 0.1) is 25.6 Å². The van der Waals surface area contributed by atoms with Crippen LogP contribution >= 0.6 is 10.7 Å². The fourth-order valence-electron chi connectivity index (χ4n) is 1.36. The van der Waals surface area contributed by atoms with Crippen molar-refractivity contribution in [3.05, 3.63) is 0 Å². The number of rotatable bonds is 10. The van der Waals surface area contributed by atoms with Crippen LogP contribution in [0.1, 0.15) is 25.7 Å². The van der Waals surface area contributed by atoms with Gasteiger partial charge in [-0.1, -0.05) is 12.8 Å². The molecule has 0 bridgehead atoms. The van der Waals surface area contributed by atoms with Gasteiger partial charge >= 0.3 is 0 Å². The summed E-state index contributed by atoms with van der Waals surface area (Å²) in [6.07, 6.45) is 5.15. The summed E-state index contributed by atoms with van der Waals surface area (Å²) in [6, 6.07) is 0. The third-order valence-electron chi connectivity index (χ3n) is 2.44. The minimum Gasteiger partial charge on any atom is -0.379 e. The van der Waals surface area contributed by atoms with Gasteiger partial charge in [-0.25, -0.2) is 8.42 Å². The maximum atomic E-state index is 10.5. The summed E-state index contributed by atoms with van der Waals surface area (Å²) < 4.78 is 31.5. The Labute approximate surface area is 102 Å². The Balaban J connectivity index is 1.73. The Morgan fingerprint density at radius 1 is 1.06 bits per heavy atom. The average molecular weight is 271 g/mol. The first-order valence-corrected chi connectivity index (χ1v) is 8.13. The molecule has 0 aromatic carbocycles. The van der Waals surface area contributed by atoms with E-state index in [4.69, 9.17) is 20.2 Å². The standard InChI is InChI=1S/C10H19ClO4S/c11-16(12,13)9-8-15-7-6-14-5-1-2-10-3-4-10/h10H,1-9H2. The molecule has 4 nitrogen and oxygen atoms in total. The van der Waals surface area contributed by atoms with Gasteiger partial charge in [-0.15, -0.1) is 0 Å². The molecule has 0 saturated heterocycles. The predicted octanol–water partition coefficient (Wildman–Crippen LogP) is 1.78. The van der Waals surface area contributed by atoms with E-state index in [0.717, 1.165) is 18.9 Å². The monoisotopic (exact) mass is 270 g/mol. The number of hydrogen-bond donors (Lipinski definition) is 0. The van der Waals surface area contributed by atoms with Gasteiger partial charge in [0.25, 0.3) is 0 Å². The van der Waals surface area contributed by atoms with E-state index in [-0.39, 0.29) is 12.4 Å². The molecule has 0 spiro atoms. The van der Waals surface area contributed by atoms with Crippen LogP contribution in [0.3, 0.4) is 0 Å². The zero-order chi connectivity index (χ0) is 11.9. The topological polar surface area (TPSA) is 52.6 Å². The summed E-state index contributed by atoms with van der Waals surface area (Å²) >= 11 is 0. The minimum atomic E-state index is -3.42. The smallest absolute Gasteiger partial charge is 0.234 e. The SMILES string of the molecule is O=S(=O)(Cl)CCOCCOCCCC1CC1. The van der Waals surface area contributed by atoms with Crippen LogP contribution in [0.4, 0.5) is 0 Å². The van der Waals surface area contributed by atoms with Crippen LogP contribution in [-0.2, 0) is 18.5 Å². The van der Waals surface area contributed by atoms with E-state index in [2.05, 4.69) is 0 Å². The first-order chi connectivity index (χ1) is 7.58. The molecular formula is C10H19ClO4S. The van der Waals surface area contributed by atoms with Crippen molar-refractivity contribution >= 4 is 19.7 Å². The van der Waals surface area contributed by atoms with Crippen molar-refractivity contribution in [2.75, 3.05) is 32.2 Å². The first kappa shape index (κ1) is 14.2. The second-order valence-electron chi connectivity index (χ2n) is 4.05. The van der Waals surface area contributed by atoms with Crippen molar-refractivity contribution in [3.8, 4) is 0 Å². The lowest BCUT2D eigenvalue weighted by molar-refractivity contribution is 0.0517. The minimum absolute atomic E-state index is 0.136. The highest BCUT2D eigenvalue weighted by atomic mass is 35.7. The molecule has 0 radical (unpaired) electrons. The van der Waals surface area contributed by atoms with Crippen molar-refractivity contribution in [2.24, 2.45) is 5.92 Å². The second-order valence-corrected chi connectivity index (χ2v) is 6.95. The fourth-order valence-corrected chi connectivity index (χ4v) is 1.87. The highest BCUT2D eigenvalue weighted by molar-refractivity contribution is 8.13. The maximum Gasteiger partial charge on any atom is 0.234 e. The van der Waals surface area contributed by atoms with Crippen LogP contribution < -0.4 is 0 Å². The summed E-state index contributed by atoms with van der Waals surface area (Å²) in [5.41, 5.74) is 0. The lowest BCUT2D eigenvalue weighted by Gasteiger charge is -2.04. The number of ether oxygens (including phenoxy) is 2. The Hall–Kier alpha value is 0.160. The van der Waals surface area contributed by atoms with Crippen LogP contribution in [0.25, 0.3) is 0 Å². The molecule has 1 aliphatic carbocycles. The maximum absolute atomic E-state index is 10.5. The number of halogens is 1. The molecule has 1 rings (SSSR count). The summed E-state index contributed by atoms with van der Waals surface area (Å²) in [5.74, 6) is 0.810. The van der Waals surface area contributed by atoms with Crippen LogP contribution in [0, 0.1) is 5.92 Å². The highest BCUT2D eigenvalue weighted by Crippen LogP contribution is 2.33. The molecule has 0 aromatic rings. The molecule has 1 fully saturated rings. The summed E-state index contributed by atoms with van der Waals surface area (Å²) in [7, 11) is 1.59. The van der Waals surface area contributed by atoms with Gasteiger partial charge in [-0.2, -0.15) is 0 Å². The molecule has 0 aliphatic heterocycles. The van der Waals surface area contributed by atoms with Crippen molar-refractivity contribution in [2.45, 2.75) is 25.7 Å². The van der Waals surface area contributed by atoms with Crippen LogP contribution in [0.5, 0.6) is 0 Å². The van der Waals surface area contributed by atoms with E-state index in [0.29, 0.717) is 13.2 Å². The zero-order valence-corrected chi connectivity index (χ0v) is 10.9. The van der Waals surface area contributed by atoms with E-state index >= 15 is 0 Å². The summed E-state index contributed by atoms with van der Waals surface area (Å²) in [5, 5.41) is 0. The van der Waals surface area contributed by atoms with Gasteiger partial charge in [-0.05, 0) is 18.8 Å². The molecule has 0 aromatic heterocycles. The van der Waals surface area contributed by atoms with Gasteiger partial charge in [-0.3, -0.25) is 0 Å². The van der Waals surface area contributed by atoms with E-state index in [1.165, 1.54) is 19.3 Å². The Morgan fingerprint density at radius 2 is 1.69 bits per heavy atom. The van der Waals surface area contributed by atoms with E-state index in [9.17, 15) is 8.42 Å². The molecule has 96 valence electrons. The van der Waals surface area contributed by atoms with Gasteiger partial charge in [0.1, 0.15) is 0 Å². The van der Waals surface area contributed by atoms with Gasteiger partial charge in [0.2, 0.25) is 9.05 Å². The van der Waals surface area contributed by atoms with Crippen molar-refractivity contribution in [3.63, 3.8) is 0 Å². The Bertz CT molecular complexity index is 275. The third kappa shape index (κ3) is 9.39. The molecular weight excluding hydrogens is 252 g/mol. The molecule has 1 aliphatic rings. The predicted molar refractivity (Wildman–Crippen MR) is 63.2 cm³/mol. The lowest BCUT2D eigenvalue weighted by atomic mass is 10.2. The van der Waals surface area contributed by atoms with E-state index in [1.807, 2.05) is 0 Å². The second kappa shape index (κ2) is 7.48. The van der Waals surface area contributed by atoms with E-state index < -0.39 is 9.05 Å². The Kier molecular flexibility index (Phi) is 6.65. The molecule has 0 amide bonds. The number of hydrogen-bond acceptors (Lipinski definition) is 4. The van der Waals surface area contributed by atoms with Crippen LogP contribution in [-0.4, -0.2) is 40.6 Å². The highest BCUT2D eigenvalue weighted by Gasteiger charge is 2.19. The van der Waals surface area contributed by atoms with Gasteiger partial charge < -0.3 is 9.47 Å². The quantitative estimate of drug-likeness (QED) is 0.449. The lowest BCUT2D eigenvalue weighted by Crippen LogP contribution is -2.11. The van der Waals surface area contributed by atoms with Gasteiger partial charge in [0, 0.05) is 17.3 Å².